The Hall–Kier alpha value is -1.30. The predicted molar refractivity (Wildman–Crippen MR) is 70.7 cm³/mol. The van der Waals surface area contributed by atoms with Crippen LogP contribution in [-0.2, 0) is 0 Å². The zero-order valence-electron chi connectivity index (χ0n) is 11.0. The van der Waals surface area contributed by atoms with E-state index in [2.05, 4.69) is 15.5 Å². The maximum Gasteiger partial charge on any atom is 0.315 e. The van der Waals surface area contributed by atoms with E-state index in [-0.39, 0.29) is 11.9 Å². The van der Waals surface area contributed by atoms with Crippen molar-refractivity contribution in [2.75, 3.05) is 20.1 Å². The van der Waals surface area contributed by atoms with E-state index >= 15 is 0 Å². The molecular formula is C12H23N5O. The van der Waals surface area contributed by atoms with Gasteiger partial charge < -0.3 is 21.3 Å². The van der Waals surface area contributed by atoms with Crippen LogP contribution in [0.2, 0.25) is 0 Å². The molecule has 1 aliphatic heterocycles. The molecule has 1 saturated carbocycles. The molecule has 2 aliphatic rings. The van der Waals surface area contributed by atoms with Gasteiger partial charge in [0.2, 0.25) is 0 Å². The minimum atomic E-state index is -0.652. The molecule has 1 aliphatic carbocycles. The number of carbonyl (C=O) groups excluding carboxylic acids is 1. The largest absolute Gasteiger partial charge is 0.386 e. The molecule has 18 heavy (non-hydrogen) atoms. The van der Waals surface area contributed by atoms with Crippen molar-refractivity contribution in [3.05, 3.63) is 0 Å². The number of nitrogens with one attached hydrogen (secondary N) is 3. The molecule has 0 aromatic rings. The minimum absolute atomic E-state index is 0.0689. The number of amidine groups is 1. The molecule has 1 heterocycles. The van der Waals surface area contributed by atoms with E-state index in [4.69, 9.17) is 11.1 Å². The summed E-state index contributed by atoms with van der Waals surface area (Å²) >= 11 is 0. The smallest absolute Gasteiger partial charge is 0.315 e. The molecule has 0 bridgehead atoms. The number of amides is 2. The van der Waals surface area contributed by atoms with Crippen LogP contribution >= 0.6 is 0 Å². The van der Waals surface area contributed by atoms with Gasteiger partial charge in [0.1, 0.15) is 11.4 Å². The highest BCUT2D eigenvalue weighted by molar-refractivity contribution is 5.92. The minimum Gasteiger partial charge on any atom is -0.386 e. The highest BCUT2D eigenvalue weighted by Gasteiger charge is 2.38. The topological polar surface area (TPSA) is 94.2 Å². The maximum atomic E-state index is 11.9. The van der Waals surface area contributed by atoms with Crippen LogP contribution in [0.1, 0.15) is 32.1 Å². The molecule has 0 aromatic heterocycles. The molecule has 2 rings (SSSR count). The predicted octanol–water partition coefficient (Wildman–Crippen LogP) is 0.238. The molecule has 2 fully saturated rings. The van der Waals surface area contributed by atoms with Crippen molar-refractivity contribution in [1.82, 2.24) is 15.5 Å². The Morgan fingerprint density at radius 1 is 1.39 bits per heavy atom. The highest BCUT2D eigenvalue weighted by Crippen LogP contribution is 2.22. The fraction of sp³-hybridized carbons (Fsp3) is 0.833. The fourth-order valence-electron chi connectivity index (χ4n) is 2.45. The number of nitrogens with zero attached hydrogens (tertiary/aromatic N) is 1. The Morgan fingerprint density at radius 2 is 2.00 bits per heavy atom. The lowest BCUT2D eigenvalue weighted by atomic mass is 9.86. The summed E-state index contributed by atoms with van der Waals surface area (Å²) in [6.07, 6.45) is 4.72. The van der Waals surface area contributed by atoms with Gasteiger partial charge in [-0.05, 0) is 39.2 Å². The summed E-state index contributed by atoms with van der Waals surface area (Å²) in [7, 11) is 2.04. The van der Waals surface area contributed by atoms with E-state index in [1.807, 2.05) is 7.05 Å². The first-order valence-corrected chi connectivity index (χ1v) is 6.63. The lowest BCUT2D eigenvalue weighted by Crippen LogP contribution is -2.64. The van der Waals surface area contributed by atoms with Crippen molar-refractivity contribution in [1.29, 1.82) is 5.41 Å². The average Bonchev–Trinajstić information content (AvgIpc) is 2.27. The molecule has 0 radical (unpaired) electrons. The average molecular weight is 253 g/mol. The maximum absolute atomic E-state index is 11.9. The number of carbonyl (C=O) groups is 1. The quantitative estimate of drug-likeness (QED) is 0.428. The normalized spacial score (nSPS) is 24.1. The zero-order chi connectivity index (χ0) is 13.2. The third-order valence-electron chi connectivity index (χ3n) is 4.15. The van der Waals surface area contributed by atoms with E-state index in [1.165, 1.54) is 6.42 Å². The fourth-order valence-corrected chi connectivity index (χ4v) is 2.45. The van der Waals surface area contributed by atoms with Crippen LogP contribution in [0.3, 0.4) is 0 Å². The Balaban J connectivity index is 1.92. The van der Waals surface area contributed by atoms with E-state index < -0.39 is 5.54 Å². The van der Waals surface area contributed by atoms with Gasteiger partial charge in [-0.1, -0.05) is 0 Å². The Labute approximate surface area is 108 Å². The van der Waals surface area contributed by atoms with Crippen LogP contribution in [0, 0.1) is 5.41 Å². The highest BCUT2D eigenvalue weighted by atomic mass is 16.2. The first-order valence-electron chi connectivity index (χ1n) is 6.63. The van der Waals surface area contributed by atoms with Crippen molar-refractivity contribution in [2.24, 2.45) is 5.73 Å². The molecule has 5 N–H and O–H groups in total. The summed E-state index contributed by atoms with van der Waals surface area (Å²) in [4.78, 5) is 14.1. The van der Waals surface area contributed by atoms with Crippen LogP contribution in [0.5, 0.6) is 0 Å². The zero-order valence-corrected chi connectivity index (χ0v) is 11.0. The van der Waals surface area contributed by atoms with Crippen LogP contribution in [-0.4, -0.2) is 48.5 Å². The number of nitrogens with two attached hydrogens (primary N) is 1. The van der Waals surface area contributed by atoms with Crippen LogP contribution in [0.15, 0.2) is 0 Å². The lowest BCUT2D eigenvalue weighted by Gasteiger charge is -2.40. The second-order valence-corrected chi connectivity index (χ2v) is 5.53. The van der Waals surface area contributed by atoms with Crippen LogP contribution in [0.4, 0.5) is 4.79 Å². The van der Waals surface area contributed by atoms with Crippen molar-refractivity contribution in [3.63, 3.8) is 0 Å². The van der Waals surface area contributed by atoms with E-state index in [9.17, 15) is 4.79 Å². The SMILES string of the molecule is CN1CCC(NC(=O)NC2CCC2)(C(=N)N)CC1. The molecule has 0 spiro atoms. The van der Waals surface area contributed by atoms with Gasteiger partial charge in [0.05, 0.1) is 0 Å². The Morgan fingerprint density at radius 3 is 2.44 bits per heavy atom. The standard InChI is InChI=1S/C12H23N5O/c1-17-7-5-12(6-8-17,10(13)14)16-11(18)15-9-3-2-4-9/h9H,2-8H2,1H3,(H3,13,14)(H2,15,16,18). The molecular weight excluding hydrogens is 230 g/mol. The third-order valence-corrected chi connectivity index (χ3v) is 4.15. The van der Waals surface area contributed by atoms with Gasteiger partial charge in [-0.25, -0.2) is 4.79 Å². The van der Waals surface area contributed by atoms with Gasteiger partial charge in [-0.2, -0.15) is 0 Å². The summed E-state index contributed by atoms with van der Waals surface area (Å²) < 4.78 is 0. The lowest BCUT2D eigenvalue weighted by molar-refractivity contribution is 0.187. The molecule has 6 nitrogen and oxygen atoms in total. The van der Waals surface area contributed by atoms with Crippen LogP contribution in [0.25, 0.3) is 0 Å². The number of urea groups is 1. The molecule has 1 saturated heterocycles. The van der Waals surface area contributed by atoms with Gasteiger partial charge in [0, 0.05) is 19.1 Å². The van der Waals surface area contributed by atoms with Crippen molar-refractivity contribution < 1.29 is 4.79 Å². The second kappa shape index (κ2) is 5.14. The summed E-state index contributed by atoms with van der Waals surface area (Å²) in [6, 6.07) is 0.125. The van der Waals surface area contributed by atoms with Gasteiger partial charge in [0.15, 0.2) is 0 Å². The second-order valence-electron chi connectivity index (χ2n) is 5.53. The summed E-state index contributed by atoms with van der Waals surface area (Å²) in [5, 5.41) is 13.6. The van der Waals surface area contributed by atoms with E-state index in [1.54, 1.807) is 0 Å². The van der Waals surface area contributed by atoms with Crippen molar-refractivity contribution >= 4 is 11.9 Å². The molecule has 0 unspecified atom stereocenters. The molecule has 0 aromatic carbocycles. The van der Waals surface area contributed by atoms with E-state index in [0.29, 0.717) is 18.9 Å². The number of piperidine rings is 1. The first-order chi connectivity index (χ1) is 8.52. The number of rotatable bonds is 3. The summed E-state index contributed by atoms with van der Waals surface area (Å²) in [5.41, 5.74) is 5.04. The molecule has 0 atom stereocenters. The Bertz CT molecular complexity index is 331. The first kappa shape index (κ1) is 13.1. The van der Waals surface area contributed by atoms with Gasteiger partial charge in [-0.3, -0.25) is 5.41 Å². The van der Waals surface area contributed by atoms with E-state index in [0.717, 1.165) is 25.9 Å². The molecule has 6 heteroatoms. The van der Waals surface area contributed by atoms with Crippen molar-refractivity contribution in [2.45, 2.75) is 43.7 Å². The molecule has 102 valence electrons. The number of hydrogen-bond donors (Lipinski definition) is 4. The Kier molecular flexibility index (Phi) is 3.75. The van der Waals surface area contributed by atoms with Gasteiger partial charge in [0.25, 0.3) is 0 Å². The van der Waals surface area contributed by atoms with Crippen LogP contribution < -0.4 is 16.4 Å². The van der Waals surface area contributed by atoms with Gasteiger partial charge >= 0.3 is 6.03 Å². The molecule has 2 amide bonds. The summed E-state index contributed by atoms with van der Waals surface area (Å²) in [5.74, 6) is 0.0689. The monoisotopic (exact) mass is 253 g/mol. The number of likely N-dealkylation sites (tertiary alicyclic amines) is 1. The van der Waals surface area contributed by atoms with Gasteiger partial charge in [-0.15, -0.1) is 0 Å². The number of hydrogen-bond acceptors (Lipinski definition) is 3. The summed E-state index contributed by atoms with van der Waals surface area (Å²) in [6.45, 7) is 1.70. The van der Waals surface area contributed by atoms with Crippen molar-refractivity contribution in [3.8, 4) is 0 Å². The third kappa shape index (κ3) is 2.75.